The van der Waals surface area contributed by atoms with Gasteiger partial charge in [-0.2, -0.15) is 4.39 Å². The number of nitrogens with zero attached hydrogens (tertiary/aromatic N) is 2. The predicted octanol–water partition coefficient (Wildman–Crippen LogP) is 2.34. The number of ether oxygens (including phenoxy) is 1. The second kappa shape index (κ2) is 4.57. The highest BCUT2D eigenvalue weighted by atomic mass is 19.1. The van der Waals surface area contributed by atoms with E-state index in [2.05, 4.69) is 0 Å². The third-order valence-electron chi connectivity index (χ3n) is 2.89. The molecule has 0 atom stereocenters. The summed E-state index contributed by atoms with van der Waals surface area (Å²) in [4.78, 5) is 12.0. The molecular weight excluding hydrogens is 227 g/mol. The minimum atomic E-state index is -0.866. The Hall–Kier alpha value is -1.85. The van der Waals surface area contributed by atoms with Gasteiger partial charge in [-0.05, 0) is 12.8 Å². The molecule has 1 heterocycles. The maximum absolute atomic E-state index is 13.4. The van der Waals surface area contributed by atoms with Crippen LogP contribution in [0, 0.1) is 15.9 Å². The average molecular weight is 240 g/mol. The van der Waals surface area contributed by atoms with Gasteiger partial charge in [-0.15, -0.1) is 0 Å². The van der Waals surface area contributed by atoms with Gasteiger partial charge in [0.2, 0.25) is 5.82 Å². The van der Waals surface area contributed by atoms with Gasteiger partial charge >= 0.3 is 5.69 Å². The highest BCUT2D eigenvalue weighted by molar-refractivity contribution is 5.64. The summed E-state index contributed by atoms with van der Waals surface area (Å²) in [5.41, 5.74) is 0.0887. The molecule has 92 valence electrons. The molecule has 0 spiro atoms. The molecule has 1 saturated heterocycles. The summed E-state index contributed by atoms with van der Waals surface area (Å²) < 4.78 is 18.5. The van der Waals surface area contributed by atoms with E-state index in [-0.39, 0.29) is 0 Å². The van der Waals surface area contributed by atoms with Crippen molar-refractivity contribution < 1.29 is 14.1 Å². The van der Waals surface area contributed by atoms with Crippen molar-refractivity contribution in [3.05, 3.63) is 28.1 Å². The summed E-state index contributed by atoms with van der Waals surface area (Å²) in [5, 5.41) is 10.7. The number of anilines is 1. The topological polar surface area (TPSA) is 55.6 Å². The first-order valence-electron chi connectivity index (χ1n) is 5.40. The number of methoxy groups -OCH3 is 1. The Bertz CT molecular complexity index is 445. The van der Waals surface area contributed by atoms with Crippen molar-refractivity contribution in [2.24, 2.45) is 0 Å². The van der Waals surface area contributed by atoms with Gasteiger partial charge in [0.25, 0.3) is 0 Å². The largest absolute Gasteiger partial charge is 0.494 e. The van der Waals surface area contributed by atoms with Crippen LogP contribution in [0.1, 0.15) is 12.8 Å². The molecule has 17 heavy (non-hydrogen) atoms. The Morgan fingerprint density at radius 2 is 2.06 bits per heavy atom. The standard InChI is InChI=1S/C11H13FN2O3/c1-17-11-6-8(12)9(14(15)16)7-10(11)13-4-2-3-5-13/h6-7H,2-5H2,1H3. The first kappa shape index (κ1) is 11.6. The number of nitro groups is 1. The lowest BCUT2D eigenvalue weighted by Crippen LogP contribution is -2.18. The van der Waals surface area contributed by atoms with Crippen LogP contribution >= 0.6 is 0 Å². The third kappa shape index (κ3) is 2.15. The van der Waals surface area contributed by atoms with Crippen molar-refractivity contribution in [3.8, 4) is 5.75 Å². The lowest BCUT2D eigenvalue weighted by Gasteiger charge is -2.20. The zero-order valence-corrected chi connectivity index (χ0v) is 9.48. The summed E-state index contributed by atoms with van der Waals surface area (Å²) in [6.45, 7) is 1.64. The summed E-state index contributed by atoms with van der Waals surface area (Å²) >= 11 is 0. The molecule has 0 radical (unpaired) electrons. The van der Waals surface area contributed by atoms with Gasteiger partial charge in [0, 0.05) is 25.2 Å². The maximum atomic E-state index is 13.4. The van der Waals surface area contributed by atoms with Crippen LogP contribution < -0.4 is 9.64 Å². The number of halogens is 1. The quantitative estimate of drug-likeness (QED) is 0.601. The van der Waals surface area contributed by atoms with Gasteiger partial charge in [0.15, 0.2) is 0 Å². The van der Waals surface area contributed by atoms with Crippen LogP contribution in [0.15, 0.2) is 12.1 Å². The lowest BCUT2D eigenvalue weighted by atomic mass is 10.2. The van der Waals surface area contributed by atoms with Crippen molar-refractivity contribution in [2.45, 2.75) is 12.8 Å². The van der Waals surface area contributed by atoms with E-state index in [1.54, 1.807) is 0 Å². The number of rotatable bonds is 3. The van der Waals surface area contributed by atoms with Crippen molar-refractivity contribution in [1.29, 1.82) is 0 Å². The molecule has 1 fully saturated rings. The highest BCUT2D eigenvalue weighted by Gasteiger charge is 2.23. The van der Waals surface area contributed by atoms with Crippen LogP contribution in [0.25, 0.3) is 0 Å². The van der Waals surface area contributed by atoms with Crippen LogP contribution in [0.5, 0.6) is 5.75 Å². The van der Waals surface area contributed by atoms with Gasteiger partial charge in [-0.1, -0.05) is 0 Å². The fraction of sp³-hybridized carbons (Fsp3) is 0.455. The lowest BCUT2D eigenvalue weighted by molar-refractivity contribution is -0.387. The molecule has 0 unspecified atom stereocenters. The van der Waals surface area contributed by atoms with Crippen molar-refractivity contribution in [2.75, 3.05) is 25.1 Å². The van der Waals surface area contributed by atoms with E-state index in [1.165, 1.54) is 13.2 Å². The van der Waals surface area contributed by atoms with Crippen LogP contribution in [-0.2, 0) is 0 Å². The van der Waals surface area contributed by atoms with Gasteiger partial charge in [-0.25, -0.2) is 0 Å². The van der Waals surface area contributed by atoms with Gasteiger partial charge in [0.1, 0.15) is 5.75 Å². The molecule has 1 aromatic rings. The minimum Gasteiger partial charge on any atom is -0.494 e. The predicted molar refractivity (Wildman–Crippen MR) is 61.1 cm³/mol. The summed E-state index contributed by atoms with van der Waals surface area (Å²) in [7, 11) is 1.43. The Labute approximate surface area is 97.9 Å². The molecule has 6 heteroatoms. The Kier molecular flexibility index (Phi) is 3.12. The molecule has 0 saturated carbocycles. The molecule has 0 aromatic heterocycles. The van der Waals surface area contributed by atoms with E-state index in [0.29, 0.717) is 11.4 Å². The number of nitro benzene ring substituents is 1. The van der Waals surface area contributed by atoms with E-state index in [4.69, 9.17) is 4.74 Å². The zero-order chi connectivity index (χ0) is 12.4. The van der Waals surface area contributed by atoms with E-state index >= 15 is 0 Å². The second-order valence-electron chi connectivity index (χ2n) is 3.93. The molecule has 2 rings (SSSR count). The maximum Gasteiger partial charge on any atom is 0.307 e. The molecule has 1 aliphatic heterocycles. The van der Waals surface area contributed by atoms with E-state index in [1.807, 2.05) is 4.90 Å². The SMILES string of the molecule is COc1cc(F)c([N+](=O)[O-])cc1N1CCCC1. The van der Waals surface area contributed by atoms with Gasteiger partial charge in [0.05, 0.1) is 17.7 Å². The Balaban J connectivity index is 2.47. The molecule has 5 nitrogen and oxygen atoms in total. The van der Waals surface area contributed by atoms with Crippen molar-refractivity contribution in [1.82, 2.24) is 0 Å². The molecule has 1 aliphatic rings. The average Bonchev–Trinajstić information content (AvgIpc) is 2.81. The molecular formula is C11H13FN2O3. The van der Waals surface area contributed by atoms with Crippen molar-refractivity contribution in [3.63, 3.8) is 0 Å². The summed E-state index contributed by atoms with van der Waals surface area (Å²) in [6.07, 6.45) is 2.07. The summed E-state index contributed by atoms with van der Waals surface area (Å²) in [6, 6.07) is 2.32. The Morgan fingerprint density at radius 1 is 1.41 bits per heavy atom. The highest BCUT2D eigenvalue weighted by Crippen LogP contribution is 2.35. The number of hydrogen-bond acceptors (Lipinski definition) is 4. The smallest absolute Gasteiger partial charge is 0.307 e. The van der Waals surface area contributed by atoms with Crippen LogP contribution in [0.3, 0.4) is 0 Å². The van der Waals surface area contributed by atoms with E-state index in [9.17, 15) is 14.5 Å². The summed E-state index contributed by atoms with van der Waals surface area (Å²) in [5.74, 6) is -0.523. The zero-order valence-electron chi connectivity index (χ0n) is 9.48. The van der Waals surface area contributed by atoms with Crippen molar-refractivity contribution >= 4 is 11.4 Å². The Morgan fingerprint density at radius 3 is 2.59 bits per heavy atom. The first-order chi connectivity index (χ1) is 8.13. The van der Waals surface area contributed by atoms with Gasteiger partial charge < -0.3 is 9.64 Å². The monoisotopic (exact) mass is 240 g/mol. The fourth-order valence-corrected chi connectivity index (χ4v) is 2.04. The second-order valence-corrected chi connectivity index (χ2v) is 3.93. The van der Waals surface area contributed by atoms with Gasteiger partial charge in [-0.3, -0.25) is 10.1 Å². The van der Waals surface area contributed by atoms with E-state index < -0.39 is 16.4 Å². The van der Waals surface area contributed by atoms with Crippen LogP contribution in [0.4, 0.5) is 15.8 Å². The molecule has 0 aliphatic carbocycles. The first-order valence-corrected chi connectivity index (χ1v) is 5.40. The van der Waals surface area contributed by atoms with Crippen LogP contribution in [0.2, 0.25) is 0 Å². The number of hydrogen-bond donors (Lipinski definition) is 0. The van der Waals surface area contributed by atoms with Crippen LogP contribution in [-0.4, -0.2) is 25.1 Å². The molecule has 1 aromatic carbocycles. The normalized spacial score (nSPS) is 15.1. The minimum absolute atomic E-state index is 0.343. The molecule has 0 bridgehead atoms. The number of benzene rings is 1. The third-order valence-corrected chi connectivity index (χ3v) is 2.89. The molecule has 0 N–H and O–H groups in total. The fourth-order valence-electron chi connectivity index (χ4n) is 2.04. The molecule has 0 amide bonds. The van der Waals surface area contributed by atoms with E-state index in [0.717, 1.165) is 32.0 Å².